The number of likely N-dealkylation sites (tertiary alicyclic amines) is 1. The molecule has 6 nitrogen and oxygen atoms in total. The van der Waals surface area contributed by atoms with Crippen LogP contribution in [0.4, 0.5) is 0 Å². The lowest BCUT2D eigenvalue weighted by Gasteiger charge is -2.22. The van der Waals surface area contributed by atoms with Gasteiger partial charge < -0.3 is 9.64 Å². The molecule has 1 aliphatic carbocycles. The van der Waals surface area contributed by atoms with Crippen molar-refractivity contribution in [3.05, 3.63) is 33.5 Å². The zero-order valence-electron chi connectivity index (χ0n) is 15.8. The van der Waals surface area contributed by atoms with Gasteiger partial charge in [-0.15, -0.1) is 11.3 Å². The van der Waals surface area contributed by atoms with Gasteiger partial charge in [-0.05, 0) is 30.4 Å². The first-order chi connectivity index (χ1) is 12.4. The quantitative estimate of drug-likeness (QED) is 0.887. The molecule has 2 aromatic rings. The molecule has 1 N–H and O–H groups in total. The summed E-state index contributed by atoms with van der Waals surface area (Å²) < 4.78 is 5.55. The predicted octanol–water partition coefficient (Wildman–Crippen LogP) is 3.64. The highest BCUT2D eigenvalue weighted by atomic mass is 32.1. The molecule has 1 saturated carbocycles. The molecule has 26 heavy (non-hydrogen) atoms. The summed E-state index contributed by atoms with van der Waals surface area (Å²) >= 11 is 1.58. The molecule has 140 valence electrons. The first-order valence-corrected chi connectivity index (χ1v) is 10.0. The second-order valence-electron chi connectivity index (χ2n) is 8.33. The third-order valence-corrected chi connectivity index (χ3v) is 6.69. The van der Waals surface area contributed by atoms with E-state index in [1.165, 1.54) is 4.88 Å². The van der Waals surface area contributed by atoms with Crippen molar-refractivity contribution in [2.45, 2.75) is 63.5 Å². The number of hydrogen-bond acceptors (Lipinski definition) is 5. The van der Waals surface area contributed by atoms with Gasteiger partial charge >= 0.3 is 0 Å². The van der Waals surface area contributed by atoms with Gasteiger partial charge in [0.15, 0.2) is 5.82 Å². The van der Waals surface area contributed by atoms with Gasteiger partial charge in [0.2, 0.25) is 0 Å². The monoisotopic (exact) mass is 374 g/mol. The van der Waals surface area contributed by atoms with Crippen LogP contribution in [0, 0.1) is 0 Å². The Hall–Kier alpha value is -1.73. The zero-order chi connectivity index (χ0) is 18.5. The fourth-order valence-corrected chi connectivity index (χ4v) is 4.43. The van der Waals surface area contributed by atoms with Crippen molar-refractivity contribution in [1.82, 2.24) is 20.1 Å². The molecule has 1 saturated heterocycles. The smallest absolute Gasteiger partial charge is 0.264 e. The van der Waals surface area contributed by atoms with Crippen LogP contribution in [-0.4, -0.2) is 45.7 Å². The van der Waals surface area contributed by atoms with Crippen LogP contribution in [0.25, 0.3) is 0 Å². The number of hydrogen-bond donors (Lipinski definition) is 1. The van der Waals surface area contributed by atoms with Gasteiger partial charge in [-0.1, -0.05) is 20.8 Å². The number of carbonyl (C=O) groups excluding carboxylic acids is 1. The fraction of sp³-hybridized carbons (Fsp3) is 0.632. The number of nitrogens with zero attached hydrogens (tertiary/aromatic N) is 3. The molecule has 2 fully saturated rings. The lowest BCUT2D eigenvalue weighted by atomic mass is 9.95. The van der Waals surface area contributed by atoms with Crippen LogP contribution < -0.4 is 0 Å². The molecule has 0 bridgehead atoms. The average molecular weight is 375 g/mol. The Morgan fingerprint density at radius 2 is 2.12 bits per heavy atom. The van der Waals surface area contributed by atoms with Crippen molar-refractivity contribution in [2.75, 3.05) is 13.7 Å². The van der Waals surface area contributed by atoms with Crippen molar-refractivity contribution in [3.8, 4) is 0 Å². The summed E-state index contributed by atoms with van der Waals surface area (Å²) in [7, 11) is 1.70. The van der Waals surface area contributed by atoms with Crippen molar-refractivity contribution < 1.29 is 9.53 Å². The van der Waals surface area contributed by atoms with E-state index in [1.54, 1.807) is 18.4 Å². The van der Waals surface area contributed by atoms with Crippen LogP contribution >= 0.6 is 11.3 Å². The molecule has 1 amide bonds. The van der Waals surface area contributed by atoms with Crippen LogP contribution in [0.5, 0.6) is 0 Å². The molecule has 2 aliphatic rings. The number of carbonyl (C=O) groups is 1. The molecule has 7 heteroatoms. The predicted molar refractivity (Wildman–Crippen MR) is 101 cm³/mol. The van der Waals surface area contributed by atoms with E-state index in [0.717, 1.165) is 35.8 Å². The highest BCUT2D eigenvalue weighted by Crippen LogP contribution is 2.40. The lowest BCUT2D eigenvalue weighted by molar-refractivity contribution is 0.0689. The molecular weight excluding hydrogens is 348 g/mol. The Balaban J connectivity index is 1.59. The van der Waals surface area contributed by atoms with Gasteiger partial charge in [-0.25, -0.2) is 4.98 Å². The van der Waals surface area contributed by atoms with Gasteiger partial charge in [-0.3, -0.25) is 9.89 Å². The number of amides is 1. The molecule has 0 radical (unpaired) electrons. The van der Waals surface area contributed by atoms with Crippen LogP contribution in [-0.2, 0) is 10.2 Å². The number of nitrogens with one attached hydrogen (secondary N) is 1. The van der Waals surface area contributed by atoms with Gasteiger partial charge in [0, 0.05) is 30.9 Å². The van der Waals surface area contributed by atoms with Crippen LogP contribution in [0.3, 0.4) is 0 Å². The average Bonchev–Trinajstić information content (AvgIpc) is 3.07. The molecular formula is C19H26N4O2S. The Morgan fingerprint density at radius 3 is 2.73 bits per heavy atom. The minimum atomic E-state index is -0.104. The Kier molecular flexibility index (Phi) is 4.39. The van der Waals surface area contributed by atoms with E-state index < -0.39 is 0 Å². The molecule has 2 aromatic heterocycles. The Labute approximate surface area is 158 Å². The number of methoxy groups -OCH3 is 1. The second kappa shape index (κ2) is 6.46. The standard InChI is InChI=1S/C19H26N4O2S/c1-19(2,3)15-8-7-14(26-15)18(24)23-10-12(25-4)9-13(23)17-20-16(21-22-17)11-5-6-11/h7-8,11-13H,5-6,9-10H2,1-4H3,(H,20,21,22)/t12-,13+/m1/s1. The highest BCUT2D eigenvalue weighted by molar-refractivity contribution is 7.14. The number of rotatable bonds is 4. The van der Waals surface area contributed by atoms with Gasteiger partial charge in [0.1, 0.15) is 5.82 Å². The molecule has 0 aromatic carbocycles. The van der Waals surface area contributed by atoms with E-state index in [2.05, 4.69) is 42.0 Å². The summed E-state index contributed by atoms with van der Waals surface area (Å²) in [5.41, 5.74) is 0.0484. The minimum absolute atomic E-state index is 0.0282. The van der Waals surface area contributed by atoms with Crippen molar-refractivity contribution in [2.24, 2.45) is 0 Å². The number of aromatic nitrogens is 3. The summed E-state index contributed by atoms with van der Waals surface area (Å²) in [6, 6.07) is 3.91. The third kappa shape index (κ3) is 3.30. The van der Waals surface area contributed by atoms with E-state index in [1.807, 2.05) is 11.0 Å². The van der Waals surface area contributed by atoms with Gasteiger partial charge in [-0.2, -0.15) is 5.10 Å². The van der Waals surface area contributed by atoms with Gasteiger partial charge in [0.25, 0.3) is 5.91 Å². The molecule has 4 rings (SSSR count). The number of ether oxygens (including phenoxy) is 1. The van der Waals surface area contributed by atoms with E-state index in [-0.39, 0.29) is 23.5 Å². The Morgan fingerprint density at radius 1 is 1.35 bits per heavy atom. The summed E-state index contributed by atoms with van der Waals surface area (Å²) in [6.07, 6.45) is 3.10. The highest BCUT2D eigenvalue weighted by Gasteiger charge is 2.40. The van der Waals surface area contributed by atoms with Crippen LogP contribution in [0.15, 0.2) is 12.1 Å². The maximum Gasteiger partial charge on any atom is 0.264 e. The van der Waals surface area contributed by atoms with Crippen molar-refractivity contribution >= 4 is 17.2 Å². The summed E-state index contributed by atoms with van der Waals surface area (Å²) in [6.45, 7) is 7.09. The molecule has 0 spiro atoms. The number of thiophene rings is 1. The SMILES string of the molecule is CO[C@@H]1C[C@@H](c2nc(C3CC3)n[nH]2)N(C(=O)c2ccc(C(C)(C)C)s2)C1. The van der Waals surface area contributed by atoms with Crippen molar-refractivity contribution in [3.63, 3.8) is 0 Å². The van der Waals surface area contributed by atoms with Crippen LogP contribution in [0.1, 0.15) is 78.2 Å². The maximum absolute atomic E-state index is 13.2. The summed E-state index contributed by atoms with van der Waals surface area (Å²) in [5.74, 6) is 2.22. The first kappa shape index (κ1) is 17.7. The summed E-state index contributed by atoms with van der Waals surface area (Å²) in [5, 5.41) is 7.44. The normalized spacial score (nSPS) is 23.6. The Bertz CT molecular complexity index is 803. The van der Waals surface area contributed by atoms with E-state index in [4.69, 9.17) is 4.74 Å². The second-order valence-corrected chi connectivity index (χ2v) is 9.42. The zero-order valence-corrected chi connectivity index (χ0v) is 16.6. The molecule has 3 heterocycles. The third-order valence-electron chi connectivity index (χ3n) is 5.19. The first-order valence-electron chi connectivity index (χ1n) is 9.23. The minimum Gasteiger partial charge on any atom is -0.380 e. The molecule has 0 unspecified atom stereocenters. The van der Waals surface area contributed by atoms with E-state index in [0.29, 0.717) is 12.5 Å². The van der Waals surface area contributed by atoms with E-state index >= 15 is 0 Å². The van der Waals surface area contributed by atoms with Crippen LogP contribution in [0.2, 0.25) is 0 Å². The van der Waals surface area contributed by atoms with Crippen molar-refractivity contribution in [1.29, 1.82) is 0 Å². The topological polar surface area (TPSA) is 71.1 Å². The van der Waals surface area contributed by atoms with Gasteiger partial charge in [0.05, 0.1) is 17.0 Å². The number of aromatic amines is 1. The van der Waals surface area contributed by atoms with E-state index in [9.17, 15) is 4.79 Å². The fourth-order valence-electron chi connectivity index (χ4n) is 3.41. The lowest BCUT2D eigenvalue weighted by Crippen LogP contribution is -2.32. The number of H-pyrrole nitrogens is 1. The molecule has 1 aliphatic heterocycles. The largest absolute Gasteiger partial charge is 0.380 e. The summed E-state index contributed by atoms with van der Waals surface area (Å²) in [4.78, 5) is 21.8. The maximum atomic E-state index is 13.2. The molecule has 2 atom stereocenters.